The standard InChI is InChI=1S/C17H23NO3/c19-16-8-5-13-11-14(6-7-15(13)16)21-12-17(20)18-9-3-1-2-4-10-18/h6-7,11,16,19H,1-5,8-10,12H2/t16-/m1/s1. The Balaban J connectivity index is 1.56. The van der Waals surface area contributed by atoms with Gasteiger partial charge in [-0.25, -0.2) is 0 Å². The number of carbonyl (C=O) groups is 1. The van der Waals surface area contributed by atoms with E-state index in [0.29, 0.717) is 0 Å². The SMILES string of the molecule is O=C(COc1ccc2c(c1)CC[C@H]2O)N1CCCCCC1. The van der Waals surface area contributed by atoms with Crippen LogP contribution in [0.15, 0.2) is 18.2 Å². The van der Waals surface area contributed by atoms with E-state index in [1.165, 1.54) is 12.8 Å². The van der Waals surface area contributed by atoms with Crippen molar-refractivity contribution in [2.24, 2.45) is 0 Å². The number of rotatable bonds is 3. The molecular weight excluding hydrogens is 266 g/mol. The zero-order chi connectivity index (χ0) is 14.7. The van der Waals surface area contributed by atoms with Crippen LogP contribution in [0.2, 0.25) is 0 Å². The van der Waals surface area contributed by atoms with Crippen LogP contribution >= 0.6 is 0 Å². The van der Waals surface area contributed by atoms with Gasteiger partial charge in [0.15, 0.2) is 6.61 Å². The van der Waals surface area contributed by atoms with E-state index in [2.05, 4.69) is 0 Å². The summed E-state index contributed by atoms with van der Waals surface area (Å²) in [6.45, 7) is 1.83. The van der Waals surface area contributed by atoms with Crippen molar-refractivity contribution in [3.63, 3.8) is 0 Å². The van der Waals surface area contributed by atoms with Crippen molar-refractivity contribution in [1.82, 2.24) is 4.90 Å². The quantitative estimate of drug-likeness (QED) is 0.930. The molecule has 0 saturated carbocycles. The first-order valence-corrected chi connectivity index (χ1v) is 7.95. The van der Waals surface area contributed by atoms with Crippen molar-refractivity contribution in [3.05, 3.63) is 29.3 Å². The molecule has 1 aromatic rings. The Morgan fingerprint density at radius 3 is 2.76 bits per heavy atom. The minimum atomic E-state index is -0.340. The Bertz CT molecular complexity index is 507. The lowest BCUT2D eigenvalue weighted by atomic mass is 10.1. The van der Waals surface area contributed by atoms with E-state index in [1.54, 1.807) is 0 Å². The maximum atomic E-state index is 12.2. The molecule has 0 unspecified atom stereocenters. The first-order valence-electron chi connectivity index (χ1n) is 7.95. The van der Waals surface area contributed by atoms with Crippen LogP contribution in [0.25, 0.3) is 0 Å². The van der Waals surface area contributed by atoms with Gasteiger partial charge in [0.1, 0.15) is 5.75 Å². The van der Waals surface area contributed by atoms with E-state index < -0.39 is 0 Å². The van der Waals surface area contributed by atoms with Crippen LogP contribution in [0.1, 0.15) is 49.3 Å². The first kappa shape index (κ1) is 14.4. The lowest BCUT2D eigenvalue weighted by Gasteiger charge is -2.20. The van der Waals surface area contributed by atoms with E-state index >= 15 is 0 Å². The van der Waals surface area contributed by atoms with Gasteiger partial charge >= 0.3 is 0 Å². The van der Waals surface area contributed by atoms with Crippen LogP contribution in [-0.2, 0) is 11.2 Å². The average molecular weight is 289 g/mol. The van der Waals surface area contributed by atoms with Crippen molar-refractivity contribution in [2.75, 3.05) is 19.7 Å². The number of fused-ring (bicyclic) bond motifs is 1. The predicted octanol–water partition coefficient (Wildman–Crippen LogP) is 2.45. The van der Waals surface area contributed by atoms with Gasteiger partial charge < -0.3 is 14.7 Å². The molecule has 3 rings (SSSR count). The lowest BCUT2D eigenvalue weighted by molar-refractivity contribution is -0.133. The molecule has 1 fully saturated rings. The summed E-state index contributed by atoms with van der Waals surface area (Å²) < 4.78 is 5.65. The first-order chi connectivity index (χ1) is 10.2. The number of amides is 1. The molecule has 0 radical (unpaired) electrons. The van der Waals surface area contributed by atoms with Gasteiger partial charge in [0.2, 0.25) is 0 Å². The number of aryl methyl sites for hydroxylation is 1. The minimum absolute atomic E-state index is 0.0810. The molecule has 1 amide bonds. The van der Waals surface area contributed by atoms with Crippen LogP contribution in [0.5, 0.6) is 5.75 Å². The van der Waals surface area contributed by atoms with Gasteiger partial charge in [-0.3, -0.25) is 4.79 Å². The molecule has 1 saturated heterocycles. The largest absolute Gasteiger partial charge is 0.484 e. The van der Waals surface area contributed by atoms with Crippen LogP contribution < -0.4 is 4.74 Å². The van der Waals surface area contributed by atoms with Crippen LogP contribution in [-0.4, -0.2) is 35.6 Å². The molecule has 2 aliphatic rings. The summed E-state index contributed by atoms with van der Waals surface area (Å²) in [5.74, 6) is 0.809. The van der Waals surface area contributed by atoms with E-state index in [4.69, 9.17) is 4.74 Å². The van der Waals surface area contributed by atoms with E-state index in [-0.39, 0.29) is 18.6 Å². The van der Waals surface area contributed by atoms with Gasteiger partial charge in [-0.05, 0) is 48.9 Å². The van der Waals surface area contributed by atoms with Gasteiger partial charge in [-0.1, -0.05) is 18.9 Å². The third-order valence-electron chi connectivity index (χ3n) is 4.48. The number of carbonyl (C=O) groups excluding carboxylic acids is 1. The summed E-state index contributed by atoms with van der Waals surface area (Å²) in [7, 11) is 0. The summed E-state index contributed by atoms with van der Waals surface area (Å²) in [5.41, 5.74) is 2.14. The Morgan fingerprint density at radius 1 is 1.24 bits per heavy atom. The highest BCUT2D eigenvalue weighted by Crippen LogP contribution is 2.33. The van der Waals surface area contributed by atoms with Crippen LogP contribution in [0.4, 0.5) is 0 Å². The van der Waals surface area contributed by atoms with Crippen molar-refractivity contribution in [2.45, 2.75) is 44.6 Å². The number of likely N-dealkylation sites (tertiary alicyclic amines) is 1. The number of aliphatic hydroxyl groups excluding tert-OH is 1. The third kappa shape index (κ3) is 3.38. The molecule has 114 valence electrons. The molecule has 1 aromatic carbocycles. The Hall–Kier alpha value is -1.55. The molecule has 1 aliphatic carbocycles. The lowest BCUT2D eigenvalue weighted by Crippen LogP contribution is -2.35. The molecule has 0 spiro atoms. The molecule has 1 aliphatic heterocycles. The molecule has 4 heteroatoms. The highest BCUT2D eigenvalue weighted by Gasteiger charge is 2.21. The molecule has 1 heterocycles. The van der Waals surface area contributed by atoms with Gasteiger partial charge in [0.25, 0.3) is 5.91 Å². The number of hydrogen-bond donors (Lipinski definition) is 1. The van der Waals surface area contributed by atoms with Gasteiger partial charge in [0.05, 0.1) is 6.10 Å². The Kier molecular flexibility index (Phi) is 4.44. The summed E-state index contributed by atoms with van der Waals surface area (Å²) in [4.78, 5) is 14.1. The third-order valence-corrected chi connectivity index (χ3v) is 4.48. The topological polar surface area (TPSA) is 49.8 Å². The number of hydrogen-bond acceptors (Lipinski definition) is 3. The molecule has 1 N–H and O–H groups in total. The number of aliphatic hydroxyl groups is 1. The van der Waals surface area contributed by atoms with Crippen molar-refractivity contribution < 1.29 is 14.6 Å². The van der Waals surface area contributed by atoms with E-state index in [1.807, 2.05) is 23.1 Å². The summed E-state index contributed by atoms with van der Waals surface area (Å²) in [6.07, 6.45) is 5.97. The van der Waals surface area contributed by atoms with Gasteiger partial charge in [-0.15, -0.1) is 0 Å². The fourth-order valence-electron chi connectivity index (χ4n) is 3.22. The zero-order valence-electron chi connectivity index (χ0n) is 12.4. The highest BCUT2D eigenvalue weighted by molar-refractivity contribution is 5.77. The van der Waals surface area contributed by atoms with E-state index in [0.717, 1.165) is 55.6 Å². The second-order valence-electron chi connectivity index (χ2n) is 6.00. The Morgan fingerprint density at radius 2 is 2.00 bits per heavy atom. The molecule has 21 heavy (non-hydrogen) atoms. The van der Waals surface area contributed by atoms with Crippen molar-refractivity contribution in [3.8, 4) is 5.75 Å². The summed E-state index contributed by atoms with van der Waals surface area (Å²) in [6, 6.07) is 5.73. The normalized spacial score (nSPS) is 21.8. The molecule has 1 atom stereocenters. The maximum Gasteiger partial charge on any atom is 0.260 e. The molecule has 4 nitrogen and oxygen atoms in total. The maximum absolute atomic E-state index is 12.2. The summed E-state index contributed by atoms with van der Waals surface area (Å²) in [5, 5.41) is 9.79. The number of ether oxygens (including phenoxy) is 1. The zero-order valence-corrected chi connectivity index (χ0v) is 12.4. The second kappa shape index (κ2) is 6.48. The van der Waals surface area contributed by atoms with Gasteiger partial charge in [0, 0.05) is 13.1 Å². The molecule has 0 bridgehead atoms. The fraction of sp³-hybridized carbons (Fsp3) is 0.588. The molecule has 0 aromatic heterocycles. The highest BCUT2D eigenvalue weighted by atomic mass is 16.5. The smallest absolute Gasteiger partial charge is 0.260 e. The van der Waals surface area contributed by atoms with Crippen molar-refractivity contribution >= 4 is 5.91 Å². The van der Waals surface area contributed by atoms with Gasteiger partial charge in [-0.2, -0.15) is 0 Å². The monoisotopic (exact) mass is 289 g/mol. The van der Waals surface area contributed by atoms with Crippen LogP contribution in [0.3, 0.4) is 0 Å². The minimum Gasteiger partial charge on any atom is -0.484 e. The average Bonchev–Trinajstić information content (AvgIpc) is 2.71. The van der Waals surface area contributed by atoms with Crippen LogP contribution in [0, 0.1) is 0 Å². The Labute approximate surface area is 125 Å². The van der Waals surface area contributed by atoms with E-state index in [9.17, 15) is 9.90 Å². The number of nitrogens with zero attached hydrogens (tertiary/aromatic N) is 1. The summed E-state index contributed by atoms with van der Waals surface area (Å²) >= 11 is 0. The predicted molar refractivity (Wildman–Crippen MR) is 80.3 cm³/mol. The van der Waals surface area contributed by atoms with Crippen molar-refractivity contribution in [1.29, 1.82) is 0 Å². The second-order valence-corrected chi connectivity index (χ2v) is 6.00. The fourth-order valence-corrected chi connectivity index (χ4v) is 3.22. The number of benzene rings is 1. The molecular formula is C17H23NO3.